The van der Waals surface area contributed by atoms with Crippen LogP contribution in [0.25, 0.3) is 72.8 Å². The highest BCUT2D eigenvalue weighted by Gasteiger charge is 2.24. The van der Waals surface area contributed by atoms with Crippen molar-refractivity contribution in [1.29, 1.82) is 0 Å². The molecule has 6 aromatic carbocycles. The molecule has 0 N–H and O–H groups in total. The topological polar surface area (TPSA) is 43.6 Å². The number of hydrogen-bond acceptors (Lipinski definition) is 3. The van der Waals surface area contributed by atoms with Gasteiger partial charge in [-0.2, -0.15) is 0 Å². The van der Waals surface area contributed by atoms with Crippen LogP contribution >= 0.6 is 0 Å². The number of hydrogen-bond donors (Lipinski definition) is 0. The summed E-state index contributed by atoms with van der Waals surface area (Å²) in [4.78, 5) is 15.3. The predicted molar refractivity (Wildman–Crippen MR) is 213 cm³/mol. The molecule has 0 bridgehead atoms. The van der Waals surface area contributed by atoms with Gasteiger partial charge in [0.2, 0.25) is 0 Å². The molecule has 0 aliphatic carbocycles. The lowest BCUT2D eigenvalue weighted by molar-refractivity contribution is 0.591. The van der Waals surface area contributed by atoms with Crippen molar-refractivity contribution in [1.82, 2.24) is 19.5 Å². The first kappa shape index (κ1) is 33.2. The van der Waals surface area contributed by atoms with Gasteiger partial charge in [-0.1, -0.05) is 145 Å². The number of fused-ring (bicyclic) bond motifs is 3. The van der Waals surface area contributed by atoms with Crippen molar-refractivity contribution in [3.05, 3.63) is 156 Å². The number of benzene rings is 6. The molecule has 0 unspecified atom stereocenters. The molecule has 52 heavy (non-hydrogen) atoms. The van der Waals surface area contributed by atoms with E-state index in [1.165, 1.54) is 17.2 Å². The van der Waals surface area contributed by atoms with Crippen LogP contribution < -0.4 is 0 Å². The van der Waals surface area contributed by atoms with Crippen LogP contribution in [0.1, 0.15) is 52.7 Å². The molecule has 0 saturated heterocycles. The fraction of sp³-hybridized carbons (Fsp3) is 0.170. The third-order valence-electron chi connectivity index (χ3n) is 9.84. The monoisotopic (exact) mass is 680 g/mol. The minimum Gasteiger partial charge on any atom is -0.308 e. The van der Waals surface area contributed by atoms with E-state index in [0.717, 1.165) is 55.3 Å². The predicted octanol–water partition coefficient (Wildman–Crippen LogP) is 12.4. The highest BCUT2D eigenvalue weighted by molar-refractivity contribution is 6.10. The second kappa shape index (κ2) is 12.7. The molecule has 4 nitrogen and oxygen atoms in total. The molecular weight excluding hydrogens is 640 g/mol. The van der Waals surface area contributed by atoms with E-state index in [9.17, 15) is 4.39 Å². The van der Waals surface area contributed by atoms with Crippen molar-refractivity contribution in [2.24, 2.45) is 0 Å². The molecule has 0 spiro atoms. The summed E-state index contributed by atoms with van der Waals surface area (Å²) in [7, 11) is 0. The minimum atomic E-state index is -0.276. The van der Waals surface area contributed by atoms with E-state index in [0.29, 0.717) is 17.5 Å². The average Bonchev–Trinajstić information content (AvgIpc) is 3.47. The number of aromatic nitrogens is 4. The Morgan fingerprint density at radius 2 is 0.923 bits per heavy atom. The molecule has 2 heterocycles. The normalized spacial score (nSPS) is 12.1. The zero-order valence-electron chi connectivity index (χ0n) is 30.4. The van der Waals surface area contributed by atoms with E-state index in [-0.39, 0.29) is 16.6 Å². The van der Waals surface area contributed by atoms with Gasteiger partial charge in [0.25, 0.3) is 0 Å². The summed E-state index contributed by atoms with van der Waals surface area (Å²) in [6, 6.07) is 46.8. The third-order valence-corrected chi connectivity index (χ3v) is 9.84. The van der Waals surface area contributed by atoms with Crippen LogP contribution in [-0.2, 0) is 10.8 Å². The summed E-state index contributed by atoms with van der Waals surface area (Å²) in [5, 5.41) is 2.33. The maximum absolute atomic E-state index is 14.7. The molecule has 0 saturated carbocycles. The Balaban J connectivity index is 1.50. The van der Waals surface area contributed by atoms with Crippen molar-refractivity contribution < 1.29 is 4.39 Å². The first-order valence-electron chi connectivity index (χ1n) is 17.8. The van der Waals surface area contributed by atoms with E-state index < -0.39 is 0 Å². The van der Waals surface area contributed by atoms with Gasteiger partial charge in [0.05, 0.1) is 16.7 Å². The second-order valence-corrected chi connectivity index (χ2v) is 15.6. The molecule has 2 aromatic heterocycles. The Bertz CT molecular complexity index is 2460. The van der Waals surface area contributed by atoms with Crippen LogP contribution in [0.4, 0.5) is 4.39 Å². The van der Waals surface area contributed by atoms with Gasteiger partial charge < -0.3 is 4.57 Å². The smallest absolute Gasteiger partial charge is 0.166 e. The van der Waals surface area contributed by atoms with Crippen LogP contribution in [-0.4, -0.2) is 19.5 Å². The first-order chi connectivity index (χ1) is 24.9. The van der Waals surface area contributed by atoms with Gasteiger partial charge in [-0.25, -0.2) is 19.3 Å². The van der Waals surface area contributed by atoms with Crippen molar-refractivity contribution in [2.75, 3.05) is 0 Å². The van der Waals surface area contributed by atoms with Gasteiger partial charge in [0.15, 0.2) is 17.5 Å². The Labute approximate surface area is 304 Å². The summed E-state index contributed by atoms with van der Waals surface area (Å²) < 4.78 is 17.0. The molecule has 8 rings (SSSR count). The Kier molecular flexibility index (Phi) is 8.10. The third kappa shape index (κ3) is 6.17. The number of nitrogens with zero attached hydrogens (tertiary/aromatic N) is 4. The van der Waals surface area contributed by atoms with E-state index in [4.69, 9.17) is 15.0 Å². The zero-order valence-corrected chi connectivity index (χ0v) is 30.4. The van der Waals surface area contributed by atoms with Crippen LogP contribution in [0.15, 0.2) is 140 Å². The maximum atomic E-state index is 14.7. The molecule has 0 aliphatic heterocycles. The van der Waals surface area contributed by atoms with Crippen molar-refractivity contribution in [3.8, 4) is 51.0 Å². The lowest BCUT2D eigenvalue weighted by Gasteiger charge is -2.21. The zero-order chi connectivity index (χ0) is 36.2. The molecule has 0 amide bonds. The molecule has 256 valence electrons. The Morgan fingerprint density at radius 1 is 0.442 bits per heavy atom. The molecule has 0 radical (unpaired) electrons. The fourth-order valence-corrected chi connectivity index (χ4v) is 6.89. The second-order valence-electron chi connectivity index (χ2n) is 15.6. The van der Waals surface area contributed by atoms with Crippen LogP contribution in [0.5, 0.6) is 0 Å². The van der Waals surface area contributed by atoms with Crippen LogP contribution in [0, 0.1) is 5.82 Å². The minimum absolute atomic E-state index is 0.0678. The molecular formula is C47H41FN4. The summed E-state index contributed by atoms with van der Waals surface area (Å²) >= 11 is 0. The summed E-state index contributed by atoms with van der Waals surface area (Å²) in [5.41, 5.74) is 9.77. The van der Waals surface area contributed by atoms with Crippen molar-refractivity contribution in [3.63, 3.8) is 0 Å². The first-order valence-corrected chi connectivity index (χ1v) is 17.8. The highest BCUT2D eigenvalue weighted by atomic mass is 19.1. The molecule has 0 atom stereocenters. The standard InChI is InChI=1S/C47H41FN4/c1-46(2,3)34-21-24-37-38-25-22-35(47(4,5)6)29-42(38)52(41(37)28-34)40-27-33(32-18-13-19-36(48)26-32)20-23-39(40)45-50-43(30-14-9-7-10-15-30)49-44(51-45)31-16-11-8-12-17-31/h7-29H,1-6H3. The van der Waals surface area contributed by atoms with Crippen molar-refractivity contribution >= 4 is 21.8 Å². The summed E-state index contributed by atoms with van der Waals surface area (Å²) in [6.07, 6.45) is 0. The molecule has 0 fully saturated rings. The SMILES string of the molecule is CC(C)(C)c1ccc2c3ccc(C(C)(C)C)cc3n(-c3cc(-c4cccc(F)c4)ccc3-c3nc(-c4ccccc4)nc(-c4ccccc4)n3)c2c1. The number of rotatable bonds is 5. The molecule has 0 aliphatic rings. The largest absolute Gasteiger partial charge is 0.308 e. The molecule has 8 aromatic rings. The van der Waals surface area contributed by atoms with Crippen LogP contribution in [0.2, 0.25) is 0 Å². The van der Waals surface area contributed by atoms with E-state index >= 15 is 0 Å². The van der Waals surface area contributed by atoms with E-state index in [1.54, 1.807) is 12.1 Å². The summed E-state index contributed by atoms with van der Waals surface area (Å²) in [6.45, 7) is 13.5. The van der Waals surface area contributed by atoms with Gasteiger partial charge >= 0.3 is 0 Å². The van der Waals surface area contributed by atoms with Gasteiger partial charge in [-0.15, -0.1) is 0 Å². The van der Waals surface area contributed by atoms with Gasteiger partial charge in [0.1, 0.15) is 5.82 Å². The van der Waals surface area contributed by atoms with Gasteiger partial charge in [-0.3, -0.25) is 0 Å². The van der Waals surface area contributed by atoms with E-state index in [2.05, 4.69) is 94.6 Å². The fourth-order valence-electron chi connectivity index (χ4n) is 6.89. The number of halogens is 1. The highest BCUT2D eigenvalue weighted by Crippen LogP contribution is 2.41. The summed E-state index contributed by atoms with van der Waals surface area (Å²) in [5.74, 6) is 1.47. The van der Waals surface area contributed by atoms with Crippen LogP contribution in [0.3, 0.4) is 0 Å². The lowest BCUT2D eigenvalue weighted by atomic mass is 9.86. The maximum Gasteiger partial charge on any atom is 0.166 e. The van der Waals surface area contributed by atoms with Crippen molar-refractivity contribution in [2.45, 2.75) is 52.4 Å². The quantitative estimate of drug-likeness (QED) is 0.182. The average molecular weight is 681 g/mol. The molecule has 5 heteroatoms. The Hall–Kier alpha value is -5.94. The van der Waals surface area contributed by atoms with E-state index in [1.807, 2.05) is 72.8 Å². The van der Waals surface area contributed by atoms with Gasteiger partial charge in [0, 0.05) is 27.5 Å². The Morgan fingerprint density at radius 3 is 1.42 bits per heavy atom. The van der Waals surface area contributed by atoms with Gasteiger partial charge in [-0.05, 0) is 69.5 Å². The lowest BCUT2D eigenvalue weighted by Crippen LogP contribution is -2.11.